The maximum atomic E-state index is 12.4. The minimum absolute atomic E-state index is 0.0172. The van der Waals surface area contributed by atoms with Gasteiger partial charge in [-0.1, -0.05) is 24.3 Å². The number of nitriles is 1. The van der Waals surface area contributed by atoms with Crippen LogP contribution < -0.4 is 0 Å². The maximum absolute atomic E-state index is 12.4. The second-order valence-electron chi connectivity index (χ2n) is 6.17. The molecule has 0 unspecified atom stereocenters. The number of ketones is 1. The van der Waals surface area contributed by atoms with E-state index in [2.05, 4.69) is 0 Å². The number of likely N-dealkylation sites (N-methyl/N-ethyl adjacent to an activating group) is 1. The predicted octanol–water partition coefficient (Wildman–Crippen LogP) is 3.37. The molecule has 27 heavy (non-hydrogen) atoms. The van der Waals surface area contributed by atoms with Gasteiger partial charge in [0, 0.05) is 23.7 Å². The van der Waals surface area contributed by atoms with Crippen molar-refractivity contribution in [3.8, 4) is 17.4 Å². The first-order valence-electron chi connectivity index (χ1n) is 8.20. The fourth-order valence-electron chi connectivity index (χ4n) is 2.79. The molecular weight excluding hydrogens is 344 g/mol. The van der Waals surface area contributed by atoms with Crippen LogP contribution in [0.25, 0.3) is 17.4 Å². The fraction of sp³-hybridized carbons (Fsp3) is 0.143. The molecule has 0 aliphatic carbocycles. The minimum Gasteiger partial charge on any atom is -0.457 e. The van der Waals surface area contributed by atoms with Crippen LogP contribution in [-0.2, 0) is 9.59 Å². The van der Waals surface area contributed by atoms with Crippen LogP contribution in [0.5, 0.6) is 0 Å². The highest BCUT2D eigenvalue weighted by Crippen LogP contribution is 2.28. The number of rotatable bonds is 3. The number of carbonyl (C=O) groups is 3. The summed E-state index contributed by atoms with van der Waals surface area (Å²) in [6.45, 7) is 3.07. The Kier molecular flexibility index (Phi) is 4.61. The number of hydrogen-bond donors (Lipinski definition) is 0. The lowest BCUT2D eigenvalue weighted by atomic mass is 9.95. The van der Waals surface area contributed by atoms with Gasteiger partial charge in [0.1, 0.15) is 23.2 Å². The lowest BCUT2D eigenvalue weighted by Crippen LogP contribution is -2.39. The van der Waals surface area contributed by atoms with E-state index in [4.69, 9.17) is 4.42 Å². The number of amides is 2. The average molecular weight is 360 g/mol. The molecule has 2 aromatic rings. The molecular formula is C21H16N2O4. The van der Waals surface area contributed by atoms with E-state index in [1.165, 1.54) is 20.0 Å². The Morgan fingerprint density at radius 2 is 1.78 bits per heavy atom. The Bertz CT molecular complexity index is 1060. The molecule has 1 aliphatic heterocycles. The van der Waals surface area contributed by atoms with Crippen LogP contribution in [-0.4, -0.2) is 29.5 Å². The molecule has 0 spiro atoms. The molecule has 1 aromatic carbocycles. The Morgan fingerprint density at radius 1 is 1.11 bits per heavy atom. The number of carbonyl (C=O) groups excluding carboxylic acids is 3. The molecule has 134 valence electrons. The van der Waals surface area contributed by atoms with Crippen molar-refractivity contribution < 1.29 is 18.8 Å². The van der Waals surface area contributed by atoms with Crippen LogP contribution in [0.2, 0.25) is 0 Å². The zero-order chi connectivity index (χ0) is 19.7. The van der Waals surface area contributed by atoms with Crippen LogP contribution >= 0.6 is 0 Å². The first kappa shape index (κ1) is 18.1. The number of furan rings is 1. The summed E-state index contributed by atoms with van der Waals surface area (Å²) < 4.78 is 5.78. The van der Waals surface area contributed by atoms with Gasteiger partial charge >= 0.3 is 0 Å². The molecule has 0 fully saturated rings. The fourth-order valence-corrected chi connectivity index (χ4v) is 2.79. The van der Waals surface area contributed by atoms with Crippen LogP contribution in [0.4, 0.5) is 0 Å². The van der Waals surface area contributed by atoms with Crippen molar-refractivity contribution in [3.05, 3.63) is 64.4 Å². The van der Waals surface area contributed by atoms with Crippen LogP contribution in [0, 0.1) is 11.3 Å². The summed E-state index contributed by atoms with van der Waals surface area (Å²) in [5, 5.41) is 9.19. The first-order valence-corrected chi connectivity index (χ1v) is 8.20. The summed E-state index contributed by atoms with van der Waals surface area (Å²) in [5.74, 6) is -0.116. The lowest BCUT2D eigenvalue weighted by Gasteiger charge is -2.23. The topological polar surface area (TPSA) is 91.4 Å². The predicted molar refractivity (Wildman–Crippen MR) is 98.2 cm³/mol. The largest absolute Gasteiger partial charge is 0.457 e. The molecule has 0 bridgehead atoms. The van der Waals surface area contributed by atoms with Gasteiger partial charge in [0.2, 0.25) is 0 Å². The number of nitrogens with zero attached hydrogens (tertiary/aromatic N) is 2. The van der Waals surface area contributed by atoms with E-state index >= 15 is 0 Å². The van der Waals surface area contributed by atoms with Crippen molar-refractivity contribution in [2.45, 2.75) is 13.8 Å². The van der Waals surface area contributed by atoms with Gasteiger partial charge in [-0.25, -0.2) is 0 Å². The number of benzene rings is 1. The number of imide groups is 1. The van der Waals surface area contributed by atoms with Crippen molar-refractivity contribution >= 4 is 23.7 Å². The summed E-state index contributed by atoms with van der Waals surface area (Å²) in [4.78, 5) is 36.7. The maximum Gasteiger partial charge on any atom is 0.271 e. The van der Waals surface area contributed by atoms with Crippen LogP contribution in [0.3, 0.4) is 0 Å². The van der Waals surface area contributed by atoms with Gasteiger partial charge in [0.25, 0.3) is 11.8 Å². The van der Waals surface area contributed by atoms with Gasteiger partial charge in [-0.05, 0) is 37.6 Å². The van der Waals surface area contributed by atoms with Gasteiger partial charge in [-0.15, -0.1) is 0 Å². The summed E-state index contributed by atoms with van der Waals surface area (Å²) in [6, 6.07) is 12.3. The van der Waals surface area contributed by atoms with Crippen molar-refractivity contribution in [1.29, 1.82) is 5.26 Å². The van der Waals surface area contributed by atoms with Crippen molar-refractivity contribution in [3.63, 3.8) is 0 Å². The molecule has 2 amide bonds. The highest BCUT2D eigenvalue weighted by molar-refractivity contribution is 6.19. The molecule has 1 aromatic heterocycles. The van der Waals surface area contributed by atoms with E-state index in [1.54, 1.807) is 43.3 Å². The Morgan fingerprint density at radius 3 is 2.37 bits per heavy atom. The zero-order valence-corrected chi connectivity index (χ0v) is 15.1. The summed E-state index contributed by atoms with van der Waals surface area (Å²) >= 11 is 0. The van der Waals surface area contributed by atoms with Crippen LogP contribution in [0.15, 0.2) is 57.5 Å². The minimum atomic E-state index is -0.608. The molecule has 0 radical (unpaired) electrons. The second-order valence-corrected chi connectivity index (χ2v) is 6.17. The third-order valence-electron chi connectivity index (χ3n) is 4.43. The molecule has 0 saturated heterocycles. The smallest absolute Gasteiger partial charge is 0.271 e. The van der Waals surface area contributed by atoms with Gasteiger partial charge < -0.3 is 4.42 Å². The van der Waals surface area contributed by atoms with E-state index < -0.39 is 11.8 Å². The summed E-state index contributed by atoms with van der Waals surface area (Å²) in [6.07, 6.45) is 1.52. The van der Waals surface area contributed by atoms with E-state index in [1.807, 2.05) is 6.07 Å². The molecule has 3 rings (SSSR count). The third kappa shape index (κ3) is 3.23. The van der Waals surface area contributed by atoms with E-state index in [0.29, 0.717) is 22.7 Å². The van der Waals surface area contributed by atoms with E-state index in [-0.39, 0.29) is 16.9 Å². The standard InChI is InChI=1S/C21H16N2O4/c1-12-17(20(25)23(3)21(26)18(12)11-22)10-16-8-9-19(27-16)15-6-4-14(5-7-15)13(2)24/h4-10H,1-3H3/b17-10+. The van der Waals surface area contributed by atoms with E-state index in [0.717, 1.165) is 10.5 Å². The number of hydrogen-bond acceptors (Lipinski definition) is 5. The van der Waals surface area contributed by atoms with E-state index in [9.17, 15) is 19.6 Å². The summed E-state index contributed by atoms with van der Waals surface area (Å²) in [7, 11) is 1.34. The van der Waals surface area contributed by atoms with Gasteiger partial charge in [-0.2, -0.15) is 5.26 Å². The Hall–Kier alpha value is -3.72. The second kappa shape index (κ2) is 6.89. The highest BCUT2D eigenvalue weighted by Gasteiger charge is 2.33. The molecule has 6 nitrogen and oxygen atoms in total. The quantitative estimate of drug-likeness (QED) is 0.475. The molecule has 1 aliphatic rings. The lowest BCUT2D eigenvalue weighted by molar-refractivity contribution is -0.138. The number of Topliss-reactive ketones (excluding diaryl/α,β-unsaturated/α-hetero) is 1. The van der Waals surface area contributed by atoms with Crippen molar-refractivity contribution in [2.24, 2.45) is 0 Å². The van der Waals surface area contributed by atoms with Crippen LogP contribution in [0.1, 0.15) is 30.0 Å². The zero-order valence-electron chi connectivity index (χ0n) is 15.1. The normalized spacial score (nSPS) is 16.1. The highest BCUT2D eigenvalue weighted by atomic mass is 16.3. The Labute approximate surface area is 156 Å². The molecule has 0 N–H and O–H groups in total. The molecule has 6 heteroatoms. The van der Waals surface area contributed by atoms with Crippen molar-refractivity contribution in [2.75, 3.05) is 7.05 Å². The van der Waals surface area contributed by atoms with Gasteiger partial charge in [-0.3, -0.25) is 19.3 Å². The first-order chi connectivity index (χ1) is 12.8. The average Bonchev–Trinajstić information content (AvgIpc) is 3.13. The third-order valence-corrected chi connectivity index (χ3v) is 4.43. The Balaban J connectivity index is 1.98. The molecule has 0 atom stereocenters. The molecule has 2 heterocycles. The van der Waals surface area contributed by atoms with Gasteiger partial charge in [0.05, 0.1) is 0 Å². The van der Waals surface area contributed by atoms with Gasteiger partial charge in [0.15, 0.2) is 5.78 Å². The summed E-state index contributed by atoms with van der Waals surface area (Å²) in [5.41, 5.74) is 1.90. The molecule has 0 saturated carbocycles. The van der Waals surface area contributed by atoms with Crippen molar-refractivity contribution in [1.82, 2.24) is 4.90 Å². The monoisotopic (exact) mass is 360 g/mol. The SMILES string of the molecule is CC(=O)c1ccc(-c2ccc(/C=C3/C(=O)N(C)C(=O)C(C#N)=C3C)o2)cc1.